The molecule has 0 heterocycles. The van der Waals surface area contributed by atoms with E-state index in [-0.39, 0.29) is 12.0 Å². The third-order valence-corrected chi connectivity index (χ3v) is 1.47. The number of nitrogens with two attached hydrogens (primary N) is 2. The lowest BCUT2D eigenvalue weighted by Crippen LogP contribution is -2.29. The van der Waals surface area contributed by atoms with Crippen molar-refractivity contribution in [2.24, 2.45) is 22.4 Å². The van der Waals surface area contributed by atoms with E-state index in [1.165, 1.54) is 0 Å². The molecule has 0 radical (unpaired) electrons. The number of rotatable bonds is 3. The molecule has 0 spiro atoms. The summed E-state index contributed by atoms with van der Waals surface area (Å²) in [5.41, 5.74) is 10.1. The summed E-state index contributed by atoms with van der Waals surface area (Å²) in [5.74, 6) is -1.54. The summed E-state index contributed by atoms with van der Waals surface area (Å²) in [5, 5.41) is 8.51. The van der Waals surface area contributed by atoms with E-state index in [1.54, 1.807) is 13.8 Å². The summed E-state index contributed by atoms with van der Waals surface area (Å²) < 4.78 is 0. The molecule has 0 aliphatic carbocycles. The number of hydrogen-bond acceptors (Lipinski definition) is 2. The molecule has 5 nitrogen and oxygen atoms in total. The monoisotopic (exact) mass is 159 g/mol. The van der Waals surface area contributed by atoms with Crippen LogP contribution < -0.4 is 11.5 Å². The van der Waals surface area contributed by atoms with Gasteiger partial charge in [-0.05, 0) is 13.8 Å². The fourth-order valence-corrected chi connectivity index (χ4v) is 0.553. The molecule has 0 aromatic heterocycles. The molecule has 64 valence electrons. The lowest BCUT2D eigenvalue weighted by Gasteiger charge is -2.10. The van der Waals surface area contributed by atoms with Gasteiger partial charge in [-0.15, -0.1) is 0 Å². The summed E-state index contributed by atoms with van der Waals surface area (Å²) in [6.45, 7) is 3.21. The summed E-state index contributed by atoms with van der Waals surface area (Å²) in [4.78, 5) is 14.1. The van der Waals surface area contributed by atoms with Gasteiger partial charge in [0.1, 0.15) is 0 Å². The predicted molar refractivity (Wildman–Crippen MR) is 42.1 cm³/mol. The maximum Gasteiger partial charge on any atom is 0.308 e. The first-order valence-electron chi connectivity index (χ1n) is 3.26. The lowest BCUT2D eigenvalue weighted by molar-refractivity contribution is -0.141. The molecular formula is C6H13N3O2. The van der Waals surface area contributed by atoms with Gasteiger partial charge in [-0.3, -0.25) is 4.79 Å². The predicted octanol–water partition coefficient (Wildman–Crippen LogP) is -0.631. The minimum Gasteiger partial charge on any atom is -0.481 e. The van der Waals surface area contributed by atoms with E-state index in [2.05, 4.69) is 4.99 Å². The zero-order valence-corrected chi connectivity index (χ0v) is 6.61. The highest BCUT2D eigenvalue weighted by atomic mass is 16.4. The van der Waals surface area contributed by atoms with Crippen LogP contribution in [-0.4, -0.2) is 23.1 Å². The summed E-state index contributed by atoms with van der Waals surface area (Å²) in [7, 11) is 0. The summed E-state index contributed by atoms with van der Waals surface area (Å²) in [6.07, 6.45) is 0. The minimum atomic E-state index is -0.900. The smallest absolute Gasteiger partial charge is 0.308 e. The Hall–Kier alpha value is -1.26. The Morgan fingerprint density at radius 2 is 1.91 bits per heavy atom. The van der Waals surface area contributed by atoms with Gasteiger partial charge in [-0.1, -0.05) is 0 Å². The van der Waals surface area contributed by atoms with Crippen molar-refractivity contribution in [2.45, 2.75) is 19.9 Å². The number of carbonyl (C=O) groups is 1. The number of nitrogens with zero attached hydrogens (tertiary/aromatic N) is 1. The zero-order chi connectivity index (χ0) is 9.02. The van der Waals surface area contributed by atoms with Crippen LogP contribution >= 0.6 is 0 Å². The minimum absolute atomic E-state index is 0.0781. The van der Waals surface area contributed by atoms with Crippen LogP contribution in [0.5, 0.6) is 0 Å². The standard InChI is InChI=1S/C6H13N3O2/c1-3(5(10)11)4(2)9-6(7)8/h3-4H,1-2H3,(H,10,11)(H4,7,8,9). The van der Waals surface area contributed by atoms with E-state index in [1.807, 2.05) is 0 Å². The summed E-state index contributed by atoms with van der Waals surface area (Å²) >= 11 is 0. The van der Waals surface area contributed by atoms with Crippen molar-refractivity contribution in [3.05, 3.63) is 0 Å². The third-order valence-electron chi connectivity index (χ3n) is 1.47. The highest BCUT2D eigenvalue weighted by Crippen LogP contribution is 2.05. The van der Waals surface area contributed by atoms with Crippen LogP contribution in [-0.2, 0) is 4.79 Å². The molecule has 2 unspecified atom stereocenters. The molecule has 2 atom stereocenters. The van der Waals surface area contributed by atoms with E-state index in [0.29, 0.717) is 0 Å². The van der Waals surface area contributed by atoms with Crippen molar-refractivity contribution in [1.29, 1.82) is 0 Å². The second-order valence-electron chi connectivity index (χ2n) is 2.42. The van der Waals surface area contributed by atoms with E-state index in [4.69, 9.17) is 16.6 Å². The maximum atomic E-state index is 10.4. The number of carboxylic acid groups (broad SMARTS) is 1. The number of carboxylic acids is 1. The van der Waals surface area contributed by atoms with Crippen molar-refractivity contribution < 1.29 is 9.90 Å². The quantitative estimate of drug-likeness (QED) is 0.377. The Morgan fingerprint density at radius 3 is 2.18 bits per heavy atom. The average molecular weight is 159 g/mol. The van der Waals surface area contributed by atoms with Crippen molar-refractivity contribution in [1.82, 2.24) is 0 Å². The second-order valence-corrected chi connectivity index (χ2v) is 2.42. The SMILES string of the molecule is CC(N=C(N)N)C(C)C(=O)O. The molecule has 0 amide bonds. The van der Waals surface area contributed by atoms with Crippen molar-refractivity contribution >= 4 is 11.9 Å². The first-order valence-corrected chi connectivity index (χ1v) is 3.26. The molecule has 11 heavy (non-hydrogen) atoms. The molecule has 0 aromatic rings. The van der Waals surface area contributed by atoms with E-state index >= 15 is 0 Å². The number of aliphatic imine (C=N–C) groups is 1. The second kappa shape index (κ2) is 3.80. The fourth-order valence-electron chi connectivity index (χ4n) is 0.553. The van der Waals surface area contributed by atoms with Crippen molar-refractivity contribution in [3.8, 4) is 0 Å². The fraction of sp³-hybridized carbons (Fsp3) is 0.667. The van der Waals surface area contributed by atoms with Gasteiger partial charge in [0.05, 0.1) is 12.0 Å². The van der Waals surface area contributed by atoms with Crippen molar-refractivity contribution in [3.63, 3.8) is 0 Å². The van der Waals surface area contributed by atoms with Gasteiger partial charge in [0.25, 0.3) is 0 Å². The first-order chi connectivity index (χ1) is 4.95. The highest BCUT2D eigenvalue weighted by molar-refractivity contribution is 5.77. The number of guanidine groups is 1. The molecule has 0 bridgehead atoms. The molecule has 0 rings (SSSR count). The lowest BCUT2D eigenvalue weighted by atomic mass is 10.1. The van der Waals surface area contributed by atoms with Crippen LogP contribution in [0.3, 0.4) is 0 Å². The molecule has 5 N–H and O–H groups in total. The van der Waals surface area contributed by atoms with Gasteiger partial charge in [0.2, 0.25) is 0 Å². The number of hydrogen-bond donors (Lipinski definition) is 3. The Balaban J connectivity index is 4.14. The Labute approximate surface area is 65.1 Å². The Kier molecular flexibility index (Phi) is 3.36. The van der Waals surface area contributed by atoms with Crippen LogP contribution in [0.4, 0.5) is 0 Å². The maximum absolute atomic E-state index is 10.4. The molecule has 5 heteroatoms. The van der Waals surface area contributed by atoms with Gasteiger partial charge >= 0.3 is 5.97 Å². The topological polar surface area (TPSA) is 102 Å². The van der Waals surface area contributed by atoms with E-state index < -0.39 is 11.9 Å². The molecule has 0 aliphatic heterocycles. The molecule has 0 fully saturated rings. The van der Waals surface area contributed by atoms with Crippen LogP contribution in [0.1, 0.15) is 13.8 Å². The first kappa shape index (κ1) is 9.74. The van der Waals surface area contributed by atoms with Gasteiger partial charge in [0.15, 0.2) is 5.96 Å². The normalized spacial score (nSPS) is 15.1. The van der Waals surface area contributed by atoms with E-state index in [0.717, 1.165) is 0 Å². The highest BCUT2D eigenvalue weighted by Gasteiger charge is 2.18. The van der Waals surface area contributed by atoms with E-state index in [9.17, 15) is 4.79 Å². The van der Waals surface area contributed by atoms with Crippen LogP contribution in [0.2, 0.25) is 0 Å². The summed E-state index contributed by atoms with van der Waals surface area (Å²) in [6, 6.07) is -0.377. The molecule has 0 aromatic carbocycles. The molecule has 0 saturated carbocycles. The largest absolute Gasteiger partial charge is 0.481 e. The average Bonchev–Trinajstić information content (AvgIpc) is 1.84. The van der Waals surface area contributed by atoms with Gasteiger partial charge in [-0.2, -0.15) is 0 Å². The van der Waals surface area contributed by atoms with Crippen LogP contribution in [0, 0.1) is 5.92 Å². The third kappa shape index (κ3) is 3.44. The van der Waals surface area contributed by atoms with Crippen LogP contribution in [0.15, 0.2) is 4.99 Å². The molecular weight excluding hydrogens is 146 g/mol. The Bertz CT molecular complexity index is 175. The van der Waals surface area contributed by atoms with Gasteiger partial charge < -0.3 is 16.6 Å². The number of aliphatic carboxylic acids is 1. The van der Waals surface area contributed by atoms with Crippen molar-refractivity contribution in [2.75, 3.05) is 0 Å². The van der Waals surface area contributed by atoms with Crippen LogP contribution in [0.25, 0.3) is 0 Å². The van der Waals surface area contributed by atoms with Gasteiger partial charge in [0, 0.05) is 0 Å². The Morgan fingerprint density at radius 1 is 1.45 bits per heavy atom. The molecule has 0 aliphatic rings. The molecule has 0 saturated heterocycles. The van der Waals surface area contributed by atoms with Gasteiger partial charge in [-0.25, -0.2) is 4.99 Å². The zero-order valence-electron chi connectivity index (χ0n) is 6.61.